The van der Waals surface area contributed by atoms with Crippen molar-refractivity contribution in [3.63, 3.8) is 0 Å². The lowest BCUT2D eigenvalue weighted by Gasteiger charge is -2.16. The van der Waals surface area contributed by atoms with Crippen LogP contribution in [0, 0.1) is 0 Å². The zero-order valence-corrected chi connectivity index (χ0v) is 16.0. The normalized spacial score (nSPS) is 15.6. The highest BCUT2D eigenvalue weighted by atomic mass is 32.2. The fourth-order valence-electron chi connectivity index (χ4n) is 2.90. The first-order valence-electron chi connectivity index (χ1n) is 8.19. The minimum atomic E-state index is -1.10. The van der Waals surface area contributed by atoms with E-state index in [1.54, 1.807) is 54.8 Å². The Balaban J connectivity index is 1.99. The van der Waals surface area contributed by atoms with Crippen LogP contribution in [-0.4, -0.2) is 35.2 Å². The van der Waals surface area contributed by atoms with Crippen LogP contribution >= 0.6 is 0 Å². The van der Waals surface area contributed by atoms with Gasteiger partial charge in [0.05, 0.1) is 29.3 Å². The number of carbonyl (C=O) groups is 2. The van der Waals surface area contributed by atoms with Gasteiger partial charge in [-0.1, -0.05) is 18.2 Å². The molecule has 1 unspecified atom stereocenters. The topological polar surface area (TPSA) is 72.9 Å². The van der Waals surface area contributed by atoms with Crippen LogP contribution < -0.4 is 14.4 Å². The highest BCUT2D eigenvalue weighted by molar-refractivity contribution is 7.84. The number of hydrogen-bond donors (Lipinski definition) is 0. The van der Waals surface area contributed by atoms with Gasteiger partial charge in [0, 0.05) is 18.7 Å². The van der Waals surface area contributed by atoms with Gasteiger partial charge in [0.1, 0.15) is 0 Å². The number of carbonyl (C=O) groups excluding carboxylic acids is 2. The van der Waals surface area contributed by atoms with E-state index in [1.807, 2.05) is 0 Å². The molecule has 2 aromatic rings. The third-order valence-electron chi connectivity index (χ3n) is 4.05. The zero-order chi connectivity index (χ0) is 19.6. The molecule has 1 aliphatic rings. The van der Waals surface area contributed by atoms with E-state index in [0.29, 0.717) is 28.3 Å². The second kappa shape index (κ2) is 7.75. The van der Waals surface area contributed by atoms with E-state index in [1.165, 1.54) is 18.9 Å². The Bertz CT molecular complexity index is 967. The number of amides is 1. The van der Waals surface area contributed by atoms with Gasteiger partial charge in [-0.3, -0.25) is 18.7 Å². The van der Waals surface area contributed by atoms with Gasteiger partial charge >= 0.3 is 0 Å². The predicted octanol–water partition coefficient (Wildman–Crippen LogP) is 3.00. The molecule has 0 aromatic heterocycles. The second-order valence-corrected chi connectivity index (χ2v) is 7.36. The van der Waals surface area contributed by atoms with Gasteiger partial charge in [0.25, 0.3) is 0 Å². The molecule has 7 heteroatoms. The Hall–Kier alpha value is -2.93. The molecule has 6 nitrogen and oxygen atoms in total. The van der Waals surface area contributed by atoms with Crippen LogP contribution in [0.5, 0.6) is 11.5 Å². The van der Waals surface area contributed by atoms with Gasteiger partial charge in [-0.15, -0.1) is 0 Å². The minimum absolute atomic E-state index is 0.0582. The monoisotopic (exact) mass is 385 g/mol. The number of methoxy groups -OCH3 is 1. The number of para-hydroxylation sites is 1. The standard InChI is InChI=1S/C20H19NO5S/c1-13(22)21-16-7-5-4-6-15(16)20(23)17(21)10-14-8-9-18(19(11-14)25-2)26-12-27(3)24/h4-11H,12H2,1-3H3. The molecule has 0 N–H and O–H groups in total. The number of nitrogens with zero attached hydrogens (tertiary/aromatic N) is 1. The molecule has 0 spiro atoms. The van der Waals surface area contributed by atoms with Crippen molar-refractivity contribution < 1.29 is 23.3 Å². The summed E-state index contributed by atoms with van der Waals surface area (Å²) in [5.41, 5.74) is 2.04. The zero-order valence-electron chi connectivity index (χ0n) is 15.2. The summed E-state index contributed by atoms with van der Waals surface area (Å²) in [6.07, 6.45) is 3.19. The van der Waals surface area contributed by atoms with Crippen molar-refractivity contribution >= 4 is 34.3 Å². The molecule has 1 atom stereocenters. The Labute approximate surface area is 159 Å². The molecular formula is C20H19NO5S. The van der Waals surface area contributed by atoms with Crippen molar-refractivity contribution in [1.82, 2.24) is 0 Å². The molecular weight excluding hydrogens is 366 g/mol. The average Bonchev–Trinajstić information content (AvgIpc) is 2.93. The Morgan fingerprint density at radius 1 is 1.19 bits per heavy atom. The maximum Gasteiger partial charge on any atom is 0.228 e. The molecule has 27 heavy (non-hydrogen) atoms. The van der Waals surface area contributed by atoms with Gasteiger partial charge in [-0.25, -0.2) is 0 Å². The van der Waals surface area contributed by atoms with Crippen molar-refractivity contribution in [2.75, 3.05) is 24.2 Å². The molecule has 1 heterocycles. The summed E-state index contributed by atoms with van der Waals surface area (Å²) in [5, 5.41) is 0. The number of rotatable bonds is 5. The van der Waals surface area contributed by atoms with Crippen molar-refractivity contribution in [3.05, 3.63) is 59.3 Å². The maximum atomic E-state index is 12.8. The summed E-state index contributed by atoms with van der Waals surface area (Å²) in [6, 6.07) is 12.1. The largest absolute Gasteiger partial charge is 0.493 e. The lowest BCUT2D eigenvalue weighted by Crippen LogP contribution is -2.25. The van der Waals surface area contributed by atoms with Crippen LogP contribution in [0.3, 0.4) is 0 Å². The van der Waals surface area contributed by atoms with Crippen molar-refractivity contribution in [2.24, 2.45) is 0 Å². The molecule has 3 rings (SSSR count). The number of ether oxygens (including phenoxy) is 2. The van der Waals surface area contributed by atoms with E-state index in [4.69, 9.17) is 9.47 Å². The number of allylic oxidation sites excluding steroid dienone is 1. The molecule has 0 saturated heterocycles. The smallest absolute Gasteiger partial charge is 0.228 e. The average molecular weight is 385 g/mol. The lowest BCUT2D eigenvalue weighted by molar-refractivity contribution is -0.116. The summed E-state index contributed by atoms with van der Waals surface area (Å²) in [6.45, 7) is 1.42. The number of fused-ring (bicyclic) bond motifs is 1. The molecule has 0 radical (unpaired) electrons. The quantitative estimate of drug-likeness (QED) is 0.740. The molecule has 1 amide bonds. The summed E-state index contributed by atoms with van der Waals surface area (Å²) >= 11 is 0. The van der Waals surface area contributed by atoms with Crippen LogP contribution in [0.15, 0.2) is 48.2 Å². The highest BCUT2D eigenvalue weighted by Crippen LogP contribution is 2.36. The van der Waals surface area contributed by atoms with Crippen LogP contribution in [0.25, 0.3) is 6.08 Å². The first-order chi connectivity index (χ1) is 12.9. The molecule has 0 bridgehead atoms. The fraction of sp³-hybridized carbons (Fsp3) is 0.200. The maximum absolute atomic E-state index is 12.8. The van der Waals surface area contributed by atoms with E-state index < -0.39 is 10.8 Å². The van der Waals surface area contributed by atoms with Crippen molar-refractivity contribution in [2.45, 2.75) is 6.92 Å². The third kappa shape index (κ3) is 3.78. The Morgan fingerprint density at radius 2 is 1.93 bits per heavy atom. The number of benzene rings is 2. The molecule has 140 valence electrons. The van der Waals surface area contributed by atoms with Crippen molar-refractivity contribution in [3.8, 4) is 11.5 Å². The summed E-state index contributed by atoms with van der Waals surface area (Å²) in [4.78, 5) is 26.3. The molecule has 1 aliphatic heterocycles. The van der Waals surface area contributed by atoms with Crippen LogP contribution in [0.4, 0.5) is 5.69 Å². The lowest BCUT2D eigenvalue weighted by atomic mass is 10.1. The first kappa shape index (κ1) is 18.8. The van der Waals surface area contributed by atoms with Gasteiger partial charge < -0.3 is 9.47 Å². The molecule has 0 saturated carbocycles. The molecule has 0 aliphatic carbocycles. The van der Waals surface area contributed by atoms with Gasteiger partial charge in [-0.2, -0.15) is 0 Å². The fourth-order valence-corrected chi connectivity index (χ4v) is 3.19. The van der Waals surface area contributed by atoms with E-state index in [2.05, 4.69) is 0 Å². The van der Waals surface area contributed by atoms with Crippen molar-refractivity contribution in [1.29, 1.82) is 0 Å². The van der Waals surface area contributed by atoms with E-state index in [9.17, 15) is 13.8 Å². The summed E-state index contributed by atoms with van der Waals surface area (Å²) in [7, 11) is 0.399. The highest BCUT2D eigenvalue weighted by Gasteiger charge is 2.34. The number of anilines is 1. The Morgan fingerprint density at radius 3 is 2.59 bits per heavy atom. The number of ketones is 1. The second-order valence-electron chi connectivity index (χ2n) is 5.98. The SMILES string of the molecule is COc1cc(C=C2C(=O)c3ccccc3N2C(C)=O)ccc1OCS(C)=O. The Kier molecular flexibility index (Phi) is 5.41. The van der Waals surface area contributed by atoms with E-state index >= 15 is 0 Å². The van der Waals surface area contributed by atoms with Gasteiger partial charge in [-0.05, 0) is 35.9 Å². The molecule has 2 aromatic carbocycles. The summed E-state index contributed by atoms with van der Waals surface area (Å²) in [5.74, 6) is 0.521. The van der Waals surface area contributed by atoms with Crippen LogP contribution in [-0.2, 0) is 15.6 Å². The molecule has 0 fully saturated rings. The first-order valence-corrected chi connectivity index (χ1v) is 9.92. The van der Waals surface area contributed by atoms with Gasteiger partial charge in [0.15, 0.2) is 17.4 Å². The summed E-state index contributed by atoms with van der Waals surface area (Å²) < 4.78 is 22.0. The van der Waals surface area contributed by atoms with Crippen LogP contribution in [0.2, 0.25) is 0 Å². The number of Topliss-reactive ketones (excluding diaryl/α,β-unsaturated/α-hetero) is 1. The van der Waals surface area contributed by atoms with E-state index in [-0.39, 0.29) is 23.3 Å². The van der Waals surface area contributed by atoms with Gasteiger partial charge in [0.2, 0.25) is 11.7 Å². The number of hydrogen-bond acceptors (Lipinski definition) is 5. The predicted molar refractivity (Wildman–Crippen MR) is 104 cm³/mol. The third-order valence-corrected chi connectivity index (χ3v) is 4.50. The van der Waals surface area contributed by atoms with Crippen LogP contribution in [0.1, 0.15) is 22.8 Å². The van der Waals surface area contributed by atoms with E-state index in [0.717, 1.165) is 0 Å². The minimum Gasteiger partial charge on any atom is -0.493 e.